The van der Waals surface area contributed by atoms with Gasteiger partial charge in [-0.3, -0.25) is 4.79 Å². The van der Waals surface area contributed by atoms with Crippen molar-refractivity contribution < 1.29 is 15.0 Å². The van der Waals surface area contributed by atoms with Gasteiger partial charge in [0.25, 0.3) is 0 Å². The van der Waals surface area contributed by atoms with Crippen LogP contribution < -0.4 is 5.73 Å². The van der Waals surface area contributed by atoms with Gasteiger partial charge in [-0.15, -0.1) is 0 Å². The highest BCUT2D eigenvalue weighted by Gasteiger charge is 2.37. The minimum absolute atomic E-state index is 0.323. The summed E-state index contributed by atoms with van der Waals surface area (Å²) in [5.74, 6) is -1.09. The van der Waals surface area contributed by atoms with Crippen LogP contribution in [0.15, 0.2) is 24.3 Å². The minimum Gasteiger partial charge on any atom is -0.481 e. The average molecular weight is 235 g/mol. The summed E-state index contributed by atoms with van der Waals surface area (Å²) in [6.07, 6.45) is 1.99. The van der Waals surface area contributed by atoms with Crippen LogP contribution in [0.2, 0.25) is 0 Å². The highest BCUT2D eigenvalue weighted by atomic mass is 16.4. The third-order valence-corrected chi connectivity index (χ3v) is 3.59. The number of carbonyl (C=O) groups is 1. The topological polar surface area (TPSA) is 83.5 Å². The van der Waals surface area contributed by atoms with Crippen LogP contribution in [-0.4, -0.2) is 16.2 Å². The van der Waals surface area contributed by atoms with Gasteiger partial charge in [-0.2, -0.15) is 0 Å². The molecule has 0 bridgehead atoms. The first-order chi connectivity index (χ1) is 8.01. The van der Waals surface area contributed by atoms with Crippen molar-refractivity contribution in [1.82, 2.24) is 0 Å². The summed E-state index contributed by atoms with van der Waals surface area (Å²) in [6.45, 7) is 0. The first-order valence-corrected chi connectivity index (χ1v) is 5.82. The van der Waals surface area contributed by atoms with Gasteiger partial charge in [0.1, 0.15) is 0 Å². The Morgan fingerprint density at radius 3 is 2.53 bits per heavy atom. The minimum atomic E-state index is -0.915. The second-order valence-corrected chi connectivity index (χ2v) is 4.77. The molecule has 1 aromatic carbocycles. The average Bonchev–Trinajstić information content (AvgIpc) is 2.29. The molecule has 1 aliphatic rings. The van der Waals surface area contributed by atoms with E-state index in [1.54, 1.807) is 12.1 Å². The molecule has 17 heavy (non-hydrogen) atoms. The molecule has 0 saturated heterocycles. The summed E-state index contributed by atoms with van der Waals surface area (Å²) < 4.78 is 0. The molecule has 0 amide bonds. The number of benzene rings is 1. The number of aliphatic carboxylic acids is 1. The van der Waals surface area contributed by atoms with E-state index in [9.17, 15) is 9.90 Å². The number of hydrogen-bond donors (Lipinski definition) is 3. The number of rotatable bonds is 2. The van der Waals surface area contributed by atoms with Crippen molar-refractivity contribution in [2.45, 2.75) is 31.3 Å². The van der Waals surface area contributed by atoms with Gasteiger partial charge >= 0.3 is 5.97 Å². The molecule has 1 saturated carbocycles. The molecule has 4 nitrogen and oxygen atoms in total. The van der Waals surface area contributed by atoms with E-state index < -0.39 is 11.6 Å². The molecule has 0 spiro atoms. The van der Waals surface area contributed by atoms with E-state index in [4.69, 9.17) is 10.8 Å². The van der Waals surface area contributed by atoms with Gasteiger partial charge in [0.2, 0.25) is 0 Å². The van der Waals surface area contributed by atoms with Crippen LogP contribution in [0.4, 0.5) is 5.69 Å². The van der Waals surface area contributed by atoms with Crippen molar-refractivity contribution in [2.24, 2.45) is 5.92 Å². The third kappa shape index (κ3) is 2.42. The van der Waals surface area contributed by atoms with Gasteiger partial charge in [-0.25, -0.2) is 0 Å². The van der Waals surface area contributed by atoms with Crippen molar-refractivity contribution in [3.63, 3.8) is 0 Å². The number of carboxylic acids is 1. The molecule has 2 rings (SSSR count). The van der Waals surface area contributed by atoms with Gasteiger partial charge < -0.3 is 15.9 Å². The van der Waals surface area contributed by atoms with Crippen LogP contribution in [0.25, 0.3) is 0 Å². The number of nitrogens with two attached hydrogens (primary N) is 1. The summed E-state index contributed by atoms with van der Waals surface area (Å²) in [5, 5.41) is 19.4. The molecule has 0 aromatic heterocycles. The van der Waals surface area contributed by atoms with E-state index in [1.165, 1.54) is 0 Å². The monoisotopic (exact) mass is 235 g/mol. The molecule has 0 aliphatic heterocycles. The zero-order chi connectivity index (χ0) is 12.5. The van der Waals surface area contributed by atoms with E-state index in [0.29, 0.717) is 31.4 Å². The lowest BCUT2D eigenvalue weighted by Gasteiger charge is -2.35. The second-order valence-electron chi connectivity index (χ2n) is 4.77. The van der Waals surface area contributed by atoms with Gasteiger partial charge in [0, 0.05) is 5.69 Å². The van der Waals surface area contributed by atoms with E-state index in [1.807, 2.05) is 12.1 Å². The molecule has 1 fully saturated rings. The van der Waals surface area contributed by atoms with E-state index in [-0.39, 0.29) is 5.92 Å². The van der Waals surface area contributed by atoms with Crippen LogP contribution in [0.5, 0.6) is 0 Å². The van der Waals surface area contributed by atoms with Crippen molar-refractivity contribution in [2.75, 3.05) is 5.73 Å². The van der Waals surface area contributed by atoms with Crippen molar-refractivity contribution >= 4 is 11.7 Å². The Labute approximate surface area is 100 Å². The smallest absolute Gasteiger partial charge is 0.306 e. The number of anilines is 1. The molecule has 0 radical (unpaired) electrons. The largest absolute Gasteiger partial charge is 0.481 e. The molecule has 0 atom stereocenters. The maximum atomic E-state index is 10.9. The second kappa shape index (κ2) is 4.37. The standard InChI is InChI=1S/C13H17NO3/c14-11-3-1-2-10(8-11)13(17)6-4-9(5-7-13)12(15)16/h1-3,8-9,17H,4-7,14H2,(H,15,16). The molecular weight excluding hydrogens is 218 g/mol. The lowest BCUT2D eigenvalue weighted by atomic mass is 9.75. The summed E-state index contributed by atoms with van der Waals surface area (Å²) >= 11 is 0. The van der Waals surface area contributed by atoms with Crippen molar-refractivity contribution in [3.05, 3.63) is 29.8 Å². The van der Waals surface area contributed by atoms with Gasteiger partial charge in [-0.05, 0) is 43.4 Å². The van der Waals surface area contributed by atoms with Crippen LogP contribution in [0.1, 0.15) is 31.2 Å². The van der Waals surface area contributed by atoms with Crippen LogP contribution in [0.3, 0.4) is 0 Å². The maximum Gasteiger partial charge on any atom is 0.306 e. The number of carboxylic acid groups (broad SMARTS) is 1. The Balaban J connectivity index is 2.14. The van der Waals surface area contributed by atoms with E-state index in [0.717, 1.165) is 5.56 Å². The Hall–Kier alpha value is -1.55. The first kappa shape index (κ1) is 11.9. The fourth-order valence-electron chi connectivity index (χ4n) is 2.46. The molecule has 1 aromatic rings. The Bertz CT molecular complexity index is 422. The lowest BCUT2D eigenvalue weighted by molar-refractivity contribution is -0.145. The quantitative estimate of drug-likeness (QED) is 0.682. The molecule has 92 valence electrons. The molecule has 0 heterocycles. The first-order valence-electron chi connectivity index (χ1n) is 5.82. The SMILES string of the molecule is Nc1cccc(C2(O)CCC(C(=O)O)CC2)c1. The van der Waals surface area contributed by atoms with Crippen LogP contribution in [0, 0.1) is 5.92 Å². The predicted octanol–water partition coefficient (Wildman–Crippen LogP) is 1.73. The molecular formula is C13H17NO3. The highest BCUT2D eigenvalue weighted by molar-refractivity contribution is 5.70. The van der Waals surface area contributed by atoms with Crippen LogP contribution >= 0.6 is 0 Å². The number of hydrogen-bond acceptors (Lipinski definition) is 3. The lowest BCUT2D eigenvalue weighted by Crippen LogP contribution is -2.33. The fourth-order valence-corrected chi connectivity index (χ4v) is 2.46. The van der Waals surface area contributed by atoms with E-state index in [2.05, 4.69) is 0 Å². The van der Waals surface area contributed by atoms with Gasteiger partial charge in [-0.1, -0.05) is 12.1 Å². The summed E-state index contributed by atoms with van der Waals surface area (Å²) in [6, 6.07) is 7.19. The van der Waals surface area contributed by atoms with Gasteiger partial charge in [0.15, 0.2) is 0 Å². The Morgan fingerprint density at radius 1 is 1.35 bits per heavy atom. The van der Waals surface area contributed by atoms with Crippen molar-refractivity contribution in [1.29, 1.82) is 0 Å². The normalized spacial score (nSPS) is 28.9. The molecule has 1 aliphatic carbocycles. The summed E-state index contributed by atoms with van der Waals surface area (Å²) in [5.41, 5.74) is 6.19. The van der Waals surface area contributed by atoms with E-state index >= 15 is 0 Å². The maximum absolute atomic E-state index is 10.9. The summed E-state index contributed by atoms with van der Waals surface area (Å²) in [4.78, 5) is 10.9. The zero-order valence-electron chi connectivity index (χ0n) is 9.60. The third-order valence-electron chi connectivity index (χ3n) is 3.59. The Morgan fingerprint density at radius 2 is 2.00 bits per heavy atom. The molecule has 4 heteroatoms. The fraction of sp³-hybridized carbons (Fsp3) is 0.462. The number of aliphatic hydroxyl groups is 1. The summed E-state index contributed by atoms with van der Waals surface area (Å²) in [7, 11) is 0. The predicted molar refractivity (Wildman–Crippen MR) is 64.3 cm³/mol. The number of nitrogen functional groups attached to an aromatic ring is 1. The highest BCUT2D eigenvalue weighted by Crippen LogP contribution is 2.39. The molecule has 0 unspecified atom stereocenters. The van der Waals surface area contributed by atoms with Gasteiger partial charge in [0.05, 0.1) is 11.5 Å². The zero-order valence-corrected chi connectivity index (χ0v) is 9.60. The molecule has 4 N–H and O–H groups in total. The van der Waals surface area contributed by atoms with Crippen molar-refractivity contribution in [3.8, 4) is 0 Å². The van der Waals surface area contributed by atoms with Crippen LogP contribution in [-0.2, 0) is 10.4 Å². The Kier molecular flexibility index (Phi) is 3.07.